The van der Waals surface area contributed by atoms with Gasteiger partial charge in [0.25, 0.3) is 11.8 Å². The normalized spacial score (nSPS) is 12.3. The molecule has 0 rings (SSSR count). The highest BCUT2D eigenvalue weighted by Crippen LogP contribution is 2.07. The van der Waals surface area contributed by atoms with Crippen molar-refractivity contribution in [1.29, 1.82) is 0 Å². The molecule has 6 N–H and O–H groups in total. The Hall–Kier alpha value is -4.10. The Morgan fingerprint density at radius 3 is 0.944 bits per heavy atom. The number of aliphatic carboxylic acids is 2. The second-order valence-corrected chi connectivity index (χ2v) is 9.27. The second-order valence-electron chi connectivity index (χ2n) is 9.27. The standard InChI is InChI=1S/2C11H18N2O5/c2*1-6(7(2)9(15)16)8(14)12-13-10(17)18-11(3,4)5/h2*1-5H3,(H,12,14)(H,13,17)(H,15,16)/b2*7-6-. The molecule has 0 aromatic heterocycles. The van der Waals surface area contributed by atoms with Gasteiger partial charge in [-0.15, -0.1) is 0 Å². The zero-order valence-corrected chi connectivity index (χ0v) is 22.2. The molecule has 36 heavy (non-hydrogen) atoms. The molecule has 0 aromatic carbocycles. The van der Waals surface area contributed by atoms with Gasteiger partial charge in [-0.25, -0.2) is 30.0 Å². The number of hydrogen-bond donors (Lipinski definition) is 6. The summed E-state index contributed by atoms with van der Waals surface area (Å²) in [5.41, 5.74) is 6.60. The molecule has 14 heteroatoms. The summed E-state index contributed by atoms with van der Waals surface area (Å²) in [5.74, 6) is -3.80. The third kappa shape index (κ3) is 15.7. The summed E-state index contributed by atoms with van der Waals surface area (Å²) in [6, 6.07) is 0. The molecule has 0 saturated heterocycles. The minimum Gasteiger partial charge on any atom is -0.478 e. The van der Waals surface area contributed by atoms with Gasteiger partial charge in [0.15, 0.2) is 0 Å². The topological polar surface area (TPSA) is 209 Å². The zero-order valence-electron chi connectivity index (χ0n) is 22.2. The first-order chi connectivity index (χ1) is 16.1. The predicted octanol–water partition coefficient (Wildman–Crippen LogP) is 1.93. The summed E-state index contributed by atoms with van der Waals surface area (Å²) in [7, 11) is 0. The highest BCUT2D eigenvalue weighted by atomic mass is 16.6. The number of hydrogen-bond acceptors (Lipinski definition) is 8. The Kier molecular flexibility index (Phi) is 13.6. The lowest BCUT2D eigenvalue weighted by Crippen LogP contribution is -2.44. The second kappa shape index (κ2) is 14.3. The number of ether oxygens (including phenoxy) is 2. The molecule has 0 aromatic rings. The van der Waals surface area contributed by atoms with Crippen LogP contribution in [0.1, 0.15) is 69.2 Å². The van der Waals surface area contributed by atoms with Crippen molar-refractivity contribution in [3.05, 3.63) is 22.3 Å². The number of carboxylic acid groups (broad SMARTS) is 2. The minimum absolute atomic E-state index is 0.00133. The van der Waals surface area contributed by atoms with Gasteiger partial charge in [0.1, 0.15) is 11.2 Å². The van der Waals surface area contributed by atoms with Crippen LogP contribution in [0.15, 0.2) is 22.3 Å². The molecule has 14 nitrogen and oxygen atoms in total. The van der Waals surface area contributed by atoms with E-state index in [4.69, 9.17) is 19.7 Å². The third-order valence-electron chi connectivity index (χ3n) is 3.80. The van der Waals surface area contributed by atoms with E-state index in [1.165, 1.54) is 27.7 Å². The molecule has 204 valence electrons. The average molecular weight is 517 g/mol. The van der Waals surface area contributed by atoms with Crippen LogP contribution >= 0.6 is 0 Å². The lowest BCUT2D eigenvalue weighted by molar-refractivity contribution is -0.133. The van der Waals surface area contributed by atoms with Gasteiger partial charge in [0.05, 0.1) is 0 Å². The fourth-order valence-electron chi connectivity index (χ4n) is 1.67. The van der Waals surface area contributed by atoms with E-state index in [2.05, 4.69) is 10.9 Å². The maximum atomic E-state index is 11.5. The molecule has 0 aliphatic carbocycles. The summed E-state index contributed by atoms with van der Waals surface area (Å²) in [4.78, 5) is 66.6. The van der Waals surface area contributed by atoms with Gasteiger partial charge in [-0.1, -0.05) is 0 Å². The fraction of sp³-hybridized carbons (Fsp3) is 0.545. The van der Waals surface area contributed by atoms with Crippen LogP contribution < -0.4 is 21.7 Å². The number of carboxylic acids is 2. The Bertz CT molecular complexity index is 861. The van der Waals surface area contributed by atoms with Crippen molar-refractivity contribution >= 4 is 35.9 Å². The van der Waals surface area contributed by atoms with Gasteiger partial charge >= 0.3 is 24.1 Å². The summed E-state index contributed by atoms with van der Waals surface area (Å²) >= 11 is 0. The maximum Gasteiger partial charge on any atom is 0.426 e. The molecule has 0 unspecified atom stereocenters. The van der Waals surface area contributed by atoms with Crippen molar-refractivity contribution in [2.24, 2.45) is 0 Å². The minimum atomic E-state index is -1.19. The molecule has 0 saturated carbocycles. The molecule has 0 radical (unpaired) electrons. The van der Waals surface area contributed by atoms with E-state index in [-0.39, 0.29) is 22.3 Å². The Balaban J connectivity index is 0. The summed E-state index contributed by atoms with van der Waals surface area (Å²) in [5, 5.41) is 17.4. The first-order valence-electron chi connectivity index (χ1n) is 10.5. The quantitative estimate of drug-likeness (QED) is 0.236. The van der Waals surface area contributed by atoms with Crippen molar-refractivity contribution in [2.45, 2.75) is 80.4 Å². The highest BCUT2D eigenvalue weighted by molar-refractivity contribution is 6.02. The fourth-order valence-corrected chi connectivity index (χ4v) is 1.67. The van der Waals surface area contributed by atoms with E-state index in [0.29, 0.717) is 0 Å². The molecule has 0 aliphatic heterocycles. The van der Waals surface area contributed by atoms with E-state index in [9.17, 15) is 28.8 Å². The summed E-state index contributed by atoms with van der Waals surface area (Å²) in [6.45, 7) is 15.3. The molecule has 0 spiro atoms. The molecule has 0 heterocycles. The van der Waals surface area contributed by atoms with E-state index >= 15 is 0 Å². The molecule has 0 bridgehead atoms. The Morgan fingerprint density at radius 2 is 0.750 bits per heavy atom. The Labute approximate surface area is 209 Å². The van der Waals surface area contributed by atoms with Crippen LogP contribution in [-0.4, -0.2) is 57.4 Å². The molecular weight excluding hydrogens is 480 g/mol. The van der Waals surface area contributed by atoms with E-state index in [1.807, 2.05) is 10.9 Å². The maximum absolute atomic E-state index is 11.5. The lowest BCUT2D eigenvalue weighted by atomic mass is 10.1. The number of hydrazine groups is 2. The number of carbonyl (C=O) groups is 6. The third-order valence-corrected chi connectivity index (χ3v) is 3.80. The van der Waals surface area contributed by atoms with Crippen molar-refractivity contribution in [3.8, 4) is 0 Å². The van der Waals surface area contributed by atoms with Crippen LogP contribution in [-0.2, 0) is 28.7 Å². The van der Waals surface area contributed by atoms with Gasteiger partial charge in [-0.05, 0) is 69.2 Å². The first kappa shape index (κ1) is 34.1. The van der Waals surface area contributed by atoms with Crippen molar-refractivity contribution in [1.82, 2.24) is 21.7 Å². The zero-order chi connectivity index (χ0) is 29.0. The molecule has 0 fully saturated rings. The number of rotatable bonds is 4. The Morgan fingerprint density at radius 1 is 0.500 bits per heavy atom. The summed E-state index contributed by atoms with van der Waals surface area (Å²) in [6.07, 6.45) is -1.65. The smallest absolute Gasteiger partial charge is 0.426 e. The average Bonchev–Trinajstić information content (AvgIpc) is 2.71. The number of nitrogens with one attached hydrogen (secondary N) is 4. The van der Waals surface area contributed by atoms with Crippen LogP contribution in [0.3, 0.4) is 0 Å². The van der Waals surface area contributed by atoms with Crippen LogP contribution in [0.5, 0.6) is 0 Å². The van der Waals surface area contributed by atoms with E-state index in [1.54, 1.807) is 41.5 Å². The van der Waals surface area contributed by atoms with Gasteiger partial charge in [0.2, 0.25) is 0 Å². The van der Waals surface area contributed by atoms with Crippen LogP contribution in [0, 0.1) is 0 Å². The highest BCUT2D eigenvalue weighted by Gasteiger charge is 2.19. The number of amides is 4. The number of carbonyl (C=O) groups excluding carboxylic acids is 4. The molecule has 0 atom stereocenters. The first-order valence-corrected chi connectivity index (χ1v) is 10.5. The van der Waals surface area contributed by atoms with Crippen molar-refractivity contribution < 1.29 is 48.5 Å². The molecular formula is C22H36N4O10. The predicted molar refractivity (Wildman–Crippen MR) is 127 cm³/mol. The van der Waals surface area contributed by atoms with Gasteiger partial charge in [-0.3, -0.25) is 20.4 Å². The van der Waals surface area contributed by atoms with E-state index < -0.39 is 47.1 Å². The van der Waals surface area contributed by atoms with E-state index in [0.717, 1.165) is 0 Å². The SMILES string of the molecule is C/C(C(=O)O)=C(\C)C(=O)NNC(=O)OC(C)(C)C.C/C(C(=O)O)=C(\C)C(=O)NNC(=O)OC(C)(C)C. The molecule has 4 amide bonds. The monoisotopic (exact) mass is 516 g/mol. The lowest BCUT2D eigenvalue weighted by Gasteiger charge is -2.19. The summed E-state index contributed by atoms with van der Waals surface area (Å²) < 4.78 is 9.76. The van der Waals surface area contributed by atoms with Gasteiger partial charge < -0.3 is 19.7 Å². The largest absolute Gasteiger partial charge is 0.478 e. The molecule has 0 aliphatic rings. The van der Waals surface area contributed by atoms with Gasteiger partial charge in [0, 0.05) is 22.3 Å². The van der Waals surface area contributed by atoms with Crippen LogP contribution in [0.4, 0.5) is 9.59 Å². The van der Waals surface area contributed by atoms with Crippen LogP contribution in [0.2, 0.25) is 0 Å². The van der Waals surface area contributed by atoms with Crippen molar-refractivity contribution in [2.75, 3.05) is 0 Å². The van der Waals surface area contributed by atoms with Crippen molar-refractivity contribution in [3.63, 3.8) is 0 Å². The van der Waals surface area contributed by atoms with Gasteiger partial charge in [-0.2, -0.15) is 0 Å². The van der Waals surface area contributed by atoms with Crippen LogP contribution in [0.25, 0.3) is 0 Å².